The fourth-order valence-electron chi connectivity index (χ4n) is 8.40. The molecule has 1 N–H and O–H groups in total. The molecule has 2 atom stereocenters. The topological polar surface area (TPSA) is 132 Å². The largest absolute Gasteiger partial charge is 0.496 e. The number of pyridine rings is 1. The second kappa shape index (κ2) is 19.5. The van der Waals surface area contributed by atoms with E-state index in [-0.39, 0.29) is 18.9 Å². The number of likely N-dealkylation sites (N-methyl/N-ethyl adjacent to an activating group) is 1. The number of fused-ring (bicyclic) bond motifs is 1. The number of rotatable bonds is 18. The maximum absolute atomic E-state index is 13.1. The van der Waals surface area contributed by atoms with Gasteiger partial charge in [0, 0.05) is 57.1 Å². The number of aromatic nitrogens is 4. The van der Waals surface area contributed by atoms with Crippen LogP contribution in [0.2, 0.25) is 5.02 Å². The van der Waals surface area contributed by atoms with E-state index in [0.717, 1.165) is 83.3 Å². The van der Waals surface area contributed by atoms with Crippen LogP contribution < -0.4 is 18.9 Å². The van der Waals surface area contributed by atoms with Gasteiger partial charge in [0.15, 0.2) is 5.82 Å². The van der Waals surface area contributed by atoms with Crippen molar-refractivity contribution >= 4 is 44.8 Å². The van der Waals surface area contributed by atoms with Crippen LogP contribution >= 0.6 is 23.1 Å². The van der Waals surface area contributed by atoms with Crippen molar-refractivity contribution < 1.29 is 28.8 Å². The van der Waals surface area contributed by atoms with Gasteiger partial charge in [0.25, 0.3) is 0 Å². The highest BCUT2D eigenvalue weighted by Gasteiger charge is 2.30. The molecule has 2 aliphatic carbocycles. The normalized spacial score (nSPS) is 17.1. The number of allylic oxidation sites excluding steroid dienone is 4. The third-order valence-corrected chi connectivity index (χ3v) is 13.4. The fourth-order valence-corrected chi connectivity index (χ4v) is 9.31. The van der Waals surface area contributed by atoms with Gasteiger partial charge in [0.1, 0.15) is 30.5 Å². The average Bonchev–Trinajstić information content (AvgIpc) is 3.85. The summed E-state index contributed by atoms with van der Waals surface area (Å²) in [6.45, 7) is 7.56. The number of hydrogen-bond acceptors (Lipinski definition) is 12. The smallest absolute Gasteiger partial charge is 0.345 e. The van der Waals surface area contributed by atoms with Crippen LogP contribution in [0.3, 0.4) is 0 Å². The number of piperazine rings is 1. The Hall–Kier alpha value is -5.86. The molecule has 3 aliphatic rings. The maximum Gasteiger partial charge on any atom is 0.345 e. The van der Waals surface area contributed by atoms with E-state index in [0.29, 0.717) is 57.3 Å². The second-order valence-corrected chi connectivity index (χ2v) is 17.9. The Balaban J connectivity index is 1.00. The molecule has 3 aromatic carbocycles. The highest BCUT2D eigenvalue weighted by molar-refractivity contribution is 7.13. The van der Waals surface area contributed by atoms with Crippen LogP contribution in [0.5, 0.6) is 23.1 Å². The number of benzene rings is 3. The van der Waals surface area contributed by atoms with E-state index in [4.69, 9.17) is 44.9 Å². The van der Waals surface area contributed by atoms with Crippen molar-refractivity contribution in [1.29, 1.82) is 0 Å². The van der Waals surface area contributed by atoms with Crippen molar-refractivity contribution in [2.75, 3.05) is 53.5 Å². The van der Waals surface area contributed by atoms with Gasteiger partial charge < -0.3 is 29.0 Å². The summed E-state index contributed by atoms with van der Waals surface area (Å²) in [5.41, 5.74) is 6.29. The number of carboxylic acid groups (broad SMARTS) is 1. The number of carbonyl (C=O) groups is 1. The van der Waals surface area contributed by atoms with E-state index in [1.807, 2.05) is 67.6 Å². The summed E-state index contributed by atoms with van der Waals surface area (Å²) in [6, 6.07) is 20.7. The van der Waals surface area contributed by atoms with E-state index in [2.05, 4.69) is 40.1 Å². The lowest BCUT2D eigenvalue weighted by atomic mass is 9.93. The van der Waals surface area contributed by atoms with Gasteiger partial charge in [0.2, 0.25) is 12.0 Å². The number of carboxylic acids is 1. The molecule has 0 spiro atoms. The minimum Gasteiger partial charge on any atom is -0.496 e. The Morgan fingerprint density at radius 2 is 1.75 bits per heavy atom. The lowest BCUT2D eigenvalue weighted by Crippen LogP contribution is -2.45. The Bertz CT molecular complexity index is 2710. The van der Waals surface area contributed by atoms with Crippen LogP contribution in [0.4, 0.5) is 0 Å². The van der Waals surface area contributed by atoms with Gasteiger partial charge in [-0.25, -0.2) is 14.8 Å². The summed E-state index contributed by atoms with van der Waals surface area (Å²) in [7, 11) is 3.76. The second-order valence-electron chi connectivity index (χ2n) is 16.7. The highest BCUT2D eigenvalue weighted by atomic mass is 35.5. The van der Waals surface area contributed by atoms with Crippen molar-refractivity contribution in [3.63, 3.8) is 0 Å². The van der Waals surface area contributed by atoms with E-state index in [1.54, 1.807) is 25.6 Å². The van der Waals surface area contributed by atoms with Gasteiger partial charge in [-0.3, -0.25) is 9.88 Å². The number of methoxy groups -OCH3 is 1. The lowest BCUT2D eigenvalue weighted by molar-refractivity contribution is -0.145. The summed E-state index contributed by atoms with van der Waals surface area (Å²) in [5, 5.41) is 11.9. The van der Waals surface area contributed by atoms with Crippen LogP contribution in [0.1, 0.15) is 41.8 Å². The predicted octanol–water partition coefficient (Wildman–Crippen LogP) is 9.44. The summed E-state index contributed by atoms with van der Waals surface area (Å²) < 4.78 is 30.1. The van der Waals surface area contributed by atoms with Gasteiger partial charge >= 0.3 is 5.97 Å². The maximum atomic E-state index is 13.1. The average molecular weight is 900 g/mol. The summed E-state index contributed by atoms with van der Waals surface area (Å²) in [5.74, 6) is 2.48. The van der Waals surface area contributed by atoms with Crippen LogP contribution in [-0.2, 0) is 17.8 Å². The van der Waals surface area contributed by atoms with Gasteiger partial charge in [-0.05, 0) is 96.4 Å². The molecule has 1 saturated heterocycles. The Kier molecular flexibility index (Phi) is 13.2. The minimum absolute atomic E-state index is 0.00972. The third kappa shape index (κ3) is 9.78. The number of hydrogen-bond donors (Lipinski definition) is 1. The Labute approximate surface area is 382 Å². The quantitative estimate of drug-likeness (QED) is 0.0882. The molecular weight excluding hydrogens is 848 g/mol. The molecule has 1 saturated carbocycles. The molecule has 3 aromatic heterocycles. The molecule has 0 radical (unpaired) electrons. The fraction of sp³-hybridized carbons (Fsp3) is 0.340. The van der Waals surface area contributed by atoms with Crippen molar-refractivity contribution in [3.05, 3.63) is 125 Å². The van der Waals surface area contributed by atoms with Crippen molar-refractivity contribution in [3.8, 4) is 45.6 Å². The number of nitrogens with zero attached hydrogens (tertiary/aromatic N) is 6. The summed E-state index contributed by atoms with van der Waals surface area (Å²) >= 11 is 8.38. The molecule has 330 valence electrons. The Morgan fingerprint density at radius 3 is 2.55 bits per heavy atom. The molecule has 2 fully saturated rings. The standard InChI is InChI=1S/C50H51ClN6O6S/c1-31-37(16-17-41(46(31)51)61-25-24-57-22-20-56(2)21-23-57)44-45-43(29-53-47(44)35-15-14-33(27-35)26-32-12-13-32)64-55-49(45)63-42(50(58)59)28-34-8-4-6-10-39(34)62-30-36-18-19-52-48(54-36)38-9-5-7-11-40(38)60-3/h4-11,14-19,27,29,32-33,42H,12-13,20-26,28,30H2,1-3H3,(H,58,59)/t33?,42-/m1/s1. The van der Waals surface area contributed by atoms with Crippen LogP contribution in [0.15, 0.2) is 97.4 Å². The van der Waals surface area contributed by atoms with Crippen molar-refractivity contribution in [1.82, 2.24) is 29.1 Å². The highest BCUT2D eigenvalue weighted by Crippen LogP contribution is 2.47. The molecule has 9 rings (SSSR count). The monoisotopic (exact) mass is 898 g/mol. The van der Waals surface area contributed by atoms with E-state index in [1.165, 1.54) is 24.4 Å². The molecule has 0 amide bonds. The molecule has 0 bridgehead atoms. The zero-order valence-electron chi connectivity index (χ0n) is 36.2. The van der Waals surface area contributed by atoms with Gasteiger partial charge in [0.05, 0.1) is 39.2 Å². The van der Waals surface area contributed by atoms with Crippen LogP contribution in [0, 0.1) is 18.8 Å². The SMILES string of the molecule is COc1ccccc1-c1nccc(COc2ccccc2C[C@@H](Oc2nsc3cnc(C4=CC(CC5CC5)C=C4)c(-c4ccc(OCCN5CCN(C)CC5)c(Cl)c4C)c23)C(=O)O)n1. The number of aliphatic carboxylic acids is 1. The summed E-state index contributed by atoms with van der Waals surface area (Å²) in [6.07, 6.45) is 12.6. The first-order valence-corrected chi connectivity index (χ1v) is 22.9. The number of halogens is 1. The first-order valence-electron chi connectivity index (χ1n) is 21.8. The van der Waals surface area contributed by atoms with Gasteiger partial charge in [-0.15, -0.1) is 0 Å². The predicted molar refractivity (Wildman–Crippen MR) is 251 cm³/mol. The van der Waals surface area contributed by atoms with E-state index < -0.39 is 12.1 Å². The number of ether oxygens (including phenoxy) is 4. The van der Waals surface area contributed by atoms with Crippen molar-refractivity contribution in [2.24, 2.45) is 11.8 Å². The molecule has 1 unspecified atom stereocenters. The minimum atomic E-state index is -1.30. The van der Waals surface area contributed by atoms with Crippen LogP contribution in [-0.4, -0.2) is 99.8 Å². The van der Waals surface area contributed by atoms with Crippen molar-refractivity contribution in [2.45, 2.75) is 45.3 Å². The van der Waals surface area contributed by atoms with Crippen LogP contribution in [0.25, 0.3) is 38.2 Å². The van der Waals surface area contributed by atoms with E-state index >= 15 is 0 Å². The lowest BCUT2D eigenvalue weighted by Gasteiger charge is -2.32. The van der Waals surface area contributed by atoms with E-state index in [9.17, 15) is 9.90 Å². The molecule has 1 aliphatic heterocycles. The number of para-hydroxylation sites is 2. The Morgan fingerprint density at radius 1 is 0.953 bits per heavy atom. The molecular formula is C50H51ClN6O6S. The molecule has 6 aromatic rings. The first-order chi connectivity index (χ1) is 31.2. The zero-order chi connectivity index (χ0) is 44.2. The van der Waals surface area contributed by atoms with Gasteiger partial charge in [-0.2, -0.15) is 4.37 Å². The zero-order valence-corrected chi connectivity index (χ0v) is 37.8. The summed E-state index contributed by atoms with van der Waals surface area (Å²) in [4.78, 5) is 32.1. The molecule has 12 nitrogen and oxygen atoms in total. The first kappa shape index (κ1) is 43.4. The molecule has 14 heteroatoms. The van der Waals surface area contributed by atoms with Gasteiger partial charge in [-0.1, -0.05) is 79.1 Å². The third-order valence-electron chi connectivity index (χ3n) is 12.2. The molecule has 4 heterocycles. The molecule has 64 heavy (non-hydrogen) atoms.